The van der Waals surface area contributed by atoms with Gasteiger partial charge in [-0.15, -0.1) is 0 Å². The first-order valence-electron chi connectivity index (χ1n) is 6.52. The van der Waals surface area contributed by atoms with E-state index in [0.717, 1.165) is 32.6 Å². The number of nitrogens with one attached hydrogen (secondary N) is 1. The van der Waals surface area contributed by atoms with Crippen LogP contribution in [0, 0.1) is 5.41 Å². The molecule has 0 radical (unpaired) electrons. The van der Waals surface area contributed by atoms with Crippen molar-refractivity contribution in [2.24, 2.45) is 11.1 Å². The van der Waals surface area contributed by atoms with Crippen molar-refractivity contribution in [3.05, 3.63) is 23.8 Å². The number of rotatable bonds is 4. The van der Waals surface area contributed by atoms with E-state index in [-0.39, 0.29) is 5.41 Å². The van der Waals surface area contributed by atoms with Crippen molar-refractivity contribution in [1.29, 1.82) is 0 Å². The van der Waals surface area contributed by atoms with Crippen LogP contribution < -0.4 is 16.8 Å². The molecule has 0 aromatic heterocycles. The SMILES string of the molecule is CC1(CNc2c(N)cccc2C(N)=O)CCOCC1. The molecule has 1 aromatic rings. The zero-order valence-corrected chi connectivity index (χ0v) is 11.2. The highest BCUT2D eigenvalue weighted by Crippen LogP contribution is 2.31. The minimum absolute atomic E-state index is 0.162. The van der Waals surface area contributed by atoms with Gasteiger partial charge in [-0.1, -0.05) is 13.0 Å². The average Bonchev–Trinajstić information content (AvgIpc) is 2.38. The largest absolute Gasteiger partial charge is 0.397 e. The third-order valence-corrected chi connectivity index (χ3v) is 3.75. The van der Waals surface area contributed by atoms with E-state index in [9.17, 15) is 4.79 Å². The summed E-state index contributed by atoms with van der Waals surface area (Å²) in [4.78, 5) is 11.4. The number of anilines is 2. The summed E-state index contributed by atoms with van der Waals surface area (Å²) < 4.78 is 5.38. The molecular formula is C14H21N3O2. The van der Waals surface area contributed by atoms with Crippen LogP contribution in [0.1, 0.15) is 30.1 Å². The molecular weight excluding hydrogens is 242 g/mol. The van der Waals surface area contributed by atoms with Crippen LogP contribution in [-0.4, -0.2) is 25.7 Å². The lowest BCUT2D eigenvalue weighted by molar-refractivity contribution is 0.0300. The fourth-order valence-electron chi connectivity index (χ4n) is 2.32. The third kappa shape index (κ3) is 3.17. The summed E-state index contributed by atoms with van der Waals surface area (Å²) in [6.45, 7) is 4.53. The minimum Gasteiger partial charge on any atom is -0.397 e. The maximum absolute atomic E-state index is 11.4. The highest BCUT2D eigenvalue weighted by atomic mass is 16.5. The van der Waals surface area contributed by atoms with E-state index in [1.807, 2.05) is 0 Å². The maximum atomic E-state index is 11.4. The van der Waals surface area contributed by atoms with E-state index >= 15 is 0 Å². The molecule has 0 spiro atoms. The number of primary amides is 1. The number of nitrogen functional groups attached to an aromatic ring is 1. The number of ether oxygens (including phenoxy) is 1. The molecule has 1 aliphatic heterocycles. The summed E-state index contributed by atoms with van der Waals surface area (Å²) in [6, 6.07) is 5.19. The summed E-state index contributed by atoms with van der Waals surface area (Å²) in [6.07, 6.45) is 2.00. The number of nitrogens with two attached hydrogens (primary N) is 2. The summed E-state index contributed by atoms with van der Waals surface area (Å²) in [7, 11) is 0. The number of hydrogen-bond donors (Lipinski definition) is 3. The quantitative estimate of drug-likeness (QED) is 0.720. The van der Waals surface area contributed by atoms with E-state index in [1.54, 1.807) is 18.2 Å². The smallest absolute Gasteiger partial charge is 0.250 e. The van der Waals surface area contributed by atoms with Gasteiger partial charge < -0.3 is 21.5 Å². The summed E-state index contributed by atoms with van der Waals surface area (Å²) in [5, 5.41) is 3.29. The average molecular weight is 263 g/mol. The molecule has 5 nitrogen and oxygen atoms in total. The van der Waals surface area contributed by atoms with E-state index in [1.165, 1.54) is 0 Å². The highest BCUT2D eigenvalue weighted by molar-refractivity contribution is 6.01. The van der Waals surface area contributed by atoms with Crippen LogP contribution in [-0.2, 0) is 4.74 Å². The highest BCUT2D eigenvalue weighted by Gasteiger charge is 2.27. The molecule has 1 amide bonds. The molecule has 19 heavy (non-hydrogen) atoms. The Morgan fingerprint density at radius 3 is 2.74 bits per heavy atom. The number of carbonyl (C=O) groups is 1. The lowest BCUT2D eigenvalue weighted by Crippen LogP contribution is -2.33. The lowest BCUT2D eigenvalue weighted by atomic mass is 9.82. The molecule has 5 heteroatoms. The summed E-state index contributed by atoms with van der Waals surface area (Å²) in [5.41, 5.74) is 13.1. The number of carbonyl (C=O) groups excluding carboxylic acids is 1. The zero-order chi connectivity index (χ0) is 13.9. The van der Waals surface area contributed by atoms with Gasteiger partial charge in [-0.25, -0.2) is 0 Å². The van der Waals surface area contributed by atoms with Gasteiger partial charge in [0.05, 0.1) is 16.9 Å². The Morgan fingerprint density at radius 2 is 2.11 bits per heavy atom. The van der Waals surface area contributed by atoms with Crippen LogP contribution in [0.3, 0.4) is 0 Å². The van der Waals surface area contributed by atoms with Crippen LogP contribution in [0.4, 0.5) is 11.4 Å². The number of para-hydroxylation sites is 1. The Labute approximate surface area is 113 Å². The predicted octanol–water partition coefficient (Wildman–Crippen LogP) is 1.60. The molecule has 1 heterocycles. The fraction of sp³-hybridized carbons (Fsp3) is 0.500. The molecule has 5 N–H and O–H groups in total. The van der Waals surface area contributed by atoms with Gasteiger partial charge in [-0.05, 0) is 30.4 Å². The topological polar surface area (TPSA) is 90.4 Å². The minimum atomic E-state index is -0.466. The van der Waals surface area contributed by atoms with E-state index < -0.39 is 5.91 Å². The molecule has 104 valence electrons. The number of benzene rings is 1. The third-order valence-electron chi connectivity index (χ3n) is 3.75. The molecule has 0 saturated carbocycles. The molecule has 1 aliphatic rings. The molecule has 1 saturated heterocycles. The van der Waals surface area contributed by atoms with Gasteiger partial charge in [0, 0.05) is 19.8 Å². The Kier molecular flexibility index (Phi) is 3.95. The van der Waals surface area contributed by atoms with Crippen molar-refractivity contribution in [2.45, 2.75) is 19.8 Å². The molecule has 1 fully saturated rings. The Morgan fingerprint density at radius 1 is 1.42 bits per heavy atom. The van der Waals surface area contributed by atoms with Crippen LogP contribution in [0.25, 0.3) is 0 Å². The standard InChI is InChI=1S/C14H21N3O2/c1-14(5-7-19-8-6-14)9-17-12-10(13(16)18)3-2-4-11(12)15/h2-4,17H,5-9,15H2,1H3,(H2,16,18). The Bertz CT molecular complexity index is 468. The Balaban J connectivity index is 2.12. The summed E-state index contributed by atoms with van der Waals surface area (Å²) >= 11 is 0. The van der Waals surface area contributed by atoms with Gasteiger partial charge in [-0.2, -0.15) is 0 Å². The van der Waals surface area contributed by atoms with Crippen molar-refractivity contribution in [3.8, 4) is 0 Å². The fourth-order valence-corrected chi connectivity index (χ4v) is 2.32. The summed E-state index contributed by atoms with van der Waals surface area (Å²) in [5.74, 6) is -0.466. The first-order valence-corrected chi connectivity index (χ1v) is 6.52. The van der Waals surface area contributed by atoms with Crippen molar-refractivity contribution in [1.82, 2.24) is 0 Å². The van der Waals surface area contributed by atoms with Crippen molar-refractivity contribution >= 4 is 17.3 Å². The van der Waals surface area contributed by atoms with Crippen LogP contribution >= 0.6 is 0 Å². The monoisotopic (exact) mass is 263 g/mol. The first kappa shape index (κ1) is 13.7. The zero-order valence-electron chi connectivity index (χ0n) is 11.2. The molecule has 2 rings (SSSR count). The van der Waals surface area contributed by atoms with Crippen LogP contribution in [0.5, 0.6) is 0 Å². The second-order valence-corrected chi connectivity index (χ2v) is 5.41. The van der Waals surface area contributed by atoms with E-state index in [2.05, 4.69) is 12.2 Å². The first-order chi connectivity index (χ1) is 9.02. The second kappa shape index (κ2) is 5.48. The Hall–Kier alpha value is -1.75. The van der Waals surface area contributed by atoms with Gasteiger partial charge in [0.25, 0.3) is 5.91 Å². The van der Waals surface area contributed by atoms with Gasteiger partial charge in [-0.3, -0.25) is 4.79 Å². The van der Waals surface area contributed by atoms with Crippen molar-refractivity contribution < 1.29 is 9.53 Å². The second-order valence-electron chi connectivity index (χ2n) is 5.41. The predicted molar refractivity (Wildman–Crippen MR) is 76.0 cm³/mol. The van der Waals surface area contributed by atoms with Crippen LogP contribution in [0.15, 0.2) is 18.2 Å². The van der Waals surface area contributed by atoms with Gasteiger partial charge in [0.15, 0.2) is 0 Å². The van der Waals surface area contributed by atoms with Gasteiger partial charge >= 0.3 is 0 Å². The maximum Gasteiger partial charge on any atom is 0.250 e. The molecule has 0 unspecified atom stereocenters. The molecule has 0 bridgehead atoms. The lowest BCUT2D eigenvalue weighted by Gasteiger charge is -2.34. The molecule has 0 aliphatic carbocycles. The van der Waals surface area contributed by atoms with Gasteiger partial charge in [0.1, 0.15) is 0 Å². The number of hydrogen-bond acceptors (Lipinski definition) is 4. The van der Waals surface area contributed by atoms with Gasteiger partial charge in [0.2, 0.25) is 0 Å². The molecule has 0 atom stereocenters. The molecule has 1 aromatic carbocycles. The number of amides is 1. The van der Waals surface area contributed by atoms with Crippen molar-refractivity contribution in [2.75, 3.05) is 30.8 Å². The normalized spacial score (nSPS) is 17.9. The van der Waals surface area contributed by atoms with Crippen LogP contribution in [0.2, 0.25) is 0 Å². The van der Waals surface area contributed by atoms with Crippen molar-refractivity contribution in [3.63, 3.8) is 0 Å². The van der Waals surface area contributed by atoms with E-state index in [0.29, 0.717) is 16.9 Å². The van der Waals surface area contributed by atoms with E-state index in [4.69, 9.17) is 16.2 Å².